The van der Waals surface area contributed by atoms with Crippen molar-refractivity contribution < 1.29 is 14.3 Å². The molecule has 0 atom stereocenters. The van der Waals surface area contributed by atoms with Crippen molar-refractivity contribution in [3.05, 3.63) is 94.0 Å². The summed E-state index contributed by atoms with van der Waals surface area (Å²) in [5.41, 5.74) is 3.74. The predicted molar refractivity (Wildman–Crippen MR) is 133 cm³/mol. The van der Waals surface area contributed by atoms with E-state index in [1.54, 1.807) is 43.2 Å². The first kappa shape index (κ1) is 24.0. The van der Waals surface area contributed by atoms with Gasteiger partial charge in [-0.15, -0.1) is 0 Å². The van der Waals surface area contributed by atoms with E-state index in [-0.39, 0.29) is 17.5 Å². The van der Waals surface area contributed by atoms with Crippen LogP contribution in [0.5, 0.6) is 5.75 Å². The number of carbonyl (C=O) groups is 2. The average molecular weight is 493 g/mol. The molecule has 0 aliphatic carbocycles. The second-order valence-electron chi connectivity index (χ2n) is 8.09. The molecule has 2 N–H and O–H groups in total. The lowest BCUT2D eigenvalue weighted by Crippen LogP contribution is -2.26. The zero-order valence-corrected chi connectivity index (χ0v) is 20.3. The molecule has 0 fully saturated rings. The van der Waals surface area contributed by atoms with E-state index in [0.29, 0.717) is 29.4 Å². The maximum absolute atomic E-state index is 12.8. The van der Waals surface area contributed by atoms with Crippen LogP contribution in [0.2, 0.25) is 5.02 Å². The van der Waals surface area contributed by atoms with Crippen molar-refractivity contribution in [2.75, 3.05) is 5.32 Å². The van der Waals surface area contributed by atoms with Crippen LogP contribution in [0.1, 0.15) is 37.5 Å². The largest absolute Gasteiger partial charge is 0.489 e. The van der Waals surface area contributed by atoms with E-state index in [2.05, 4.69) is 20.8 Å². The molecule has 2 aromatic carbocycles. The van der Waals surface area contributed by atoms with Gasteiger partial charge < -0.3 is 15.4 Å². The normalized spacial score (nSPS) is 10.7. The zero-order valence-electron chi connectivity index (χ0n) is 19.6. The first-order valence-electron chi connectivity index (χ1n) is 10.9. The molecule has 2 aromatic heterocycles. The highest BCUT2D eigenvalue weighted by Crippen LogP contribution is 2.22. The summed E-state index contributed by atoms with van der Waals surface area (Å²) < 4.78 is 8.89. The predicted octanol–water partition coefficient (Wildman–Crippen LogP) is 3.88. The van der Waals surface area contributed by atoms with Crippen molar-refractivity contribution in [1.29, 1.82) is 0 Å². The van der Waals surface area contributed by atoms with Crippen LogP contribution in [0, 0.1) is 6.92 Å². The van der Waals surface area contributed by atoms with Gasteiger partial charge in [-0.1, -0.05) is 23.7 Å². The fraction of sp³-hybridized carbons (Fsp3) is 0.200. The van der Waals surface area contributed by atoms with Crippen LogP contribution >= 0.6 is 11.6 Å². The van der Waals surface area contributed by atoms with Crippen molar-refractivity contribution in [1.82, 2.24) is 24.9 Å². The zero-order chi connectivity index (χ0) is 24.9. The van der Waals surface area contributed by atoms with Crippen LogP contribution in [0.15, 0.2) is 61.1 Å². The lowest BCUT2D eigenvalue weighted by molar-refractivity contribution is 0.0942. The maximum atomic E-state index is 12.8. The van der Waals surface area contributed by atoms with Crippen LogP contribution in [0.4, 0.5) is 5.69 Å². The Bertz CT molecular complexity index is 1360. The van der Waals surface area contributed by atoms with E-state index < -0.39 is 0 Å². The van der Waals surface area contributed by atoms with Crippen LogP contribution < -0.4 is 15.4 Å². The van der Waals surface area contributed by atoms with Crippen LogP contribution in [-0.2, 0) is 27.2 Å². The summed E-state index contributed by atoms with van der Waals surface area (Å²) >= 11 is 6.05. The molecule has 2 heterocycles. The monoisotopic (exact) mass is 492 g/mol. The highest BCUT2D eigenvalue weighted by molar-refractivity contribution is 6.31. The number of carbonyl (C=O) groups excluding carboxylic acids is 2. The number of benzene rings is 2. The summed E-state index contributed by atoms with van der Waals surface area (Å²) in [4.78, 5) is 25.6. The van der Waals surface area contributed by atoms with Gasteiger partial charge >= 0.3 is 0 Å². The number of rotatable bonds is 8. The molecular weight excluding hydrogens is 468 g/mol. The van der Waals surface area contributed by atoms with Crippen molar-refractivity contribution in [2.45, 2.75) is 20.1 Å². The standard InChI is InChI=1S/C25H25ClN6O3/c1-16-10-20(8-9-21(16)26)35-15-17-4-6-19(7-5-17)24(33)30-22-13-29-32(3)23(22)25(34)27-11-18-12-28-31(2)14-18/h4-10,12-14H,11,15H2,1-3H3,(H,27,34)(H,30,33). The number of hydrogen-bond donors (Lipinski definition) is 2. The molecule has 10 heteroatoms. The number of amides is 2. The van der Waals surface area contributed by atoms with E-state index in [9.17, 15) is 9.59 Å². The molecule has 0 aliphatic rings. The molecule has 4 aromatic rings. The molecule has 35 heavy (non-hydrogen) atoms. The molecule has 0 bridgehead atoms. The molecule has 0 spiro atoms. The molecular formula is C25H25ClN6O3. The molecule has 4 rings (SSSR count). The maximum Gasteiger partial charge on any atom is 0.271 e. The molecule has 0 aliphatic heterocycles. The van der Waals surface area contributed by atoms with Gasteiger partial charge in [0.2, 0.25) is 0 Å². The van der Waals surface area contributed by atoms with Gasteiger partial charge in [0.15, 0.2) is 0 Å². The Morgan fingerprint density at radius 3 is 2.46 bits per heavy atom. The number of nitrogens with one attached hydrogen (secondary N) is 2. The summed E-state index contributed by atoms with van der Waals surface area (Å²) in [5.74, 6) is 0.0221. The Balaban J connectivity index is 1.37. The van der Waals surface area contributed by atoms with Gasteiger partial charge in [-0.3, -0.25) is 19.0 Å². The topological polar surface area (TPSA) is 103 Å². The first-order valence-corrected chi connectivity index (χ1v) is 11.2. The van der Waals surface area contributed by atoms with Crippen molar-refractivity contribution in [3.8, 4) is 5.75 Å². The third-order valence-electron chi connectivity index (χ3n) is 5.36. The highest BCUT2D eigenvalue weighted by atomic mass is 35.5. The fourth-order valence-electron chi connectivity index (χ4n) is 3.45. The van der Waals surface area contributed by atoms with Gasteiger partial charge in [0.1, 0.15) is 18.1 Å². The Labute approximate surface area is 207 Å². The van der Waals surface area contributed by atoms with Gasteiger partial charge in [-0.25, -0.2) is 0 Å². The molecule has 0 saturated carbocycles. The SMILES string of the molecule is Cc1cc(OCc2ccc(C(=O)Nc3cnn(C)c3C(=O)NCc3cnn(C)c3)cc2)ccc1Cl. The van der Waals surface area contributed by atoms with Crippen molar-refractivity contribution >= 4 is 29.1 Å². The Kier molecular flexibility index (Phi) is 7.17. The first-order chi connectivity index (χ1) is 16.8. The minimum absolute atomic E-state index is 0.255. The Hall–Kier alpha value is -4.11. The lowest BCUT2D eigenvalue weighted by Gasteiger charge is -2.10. The molecule has 180 valence electrons. The Morgan fingerprint density at radius 2 is 1.77 bits per heavy atom. The van der Waals surface area contributed by atoms with Gasteiger partial charge in [0.25, 0.3) is 11.8 Å². The van der Waals surface area contributed by atoms with Gasteiger partial charge in [0.05, 0.1) is 18.1 Å². The summed E-state index contributed by atoms with van der Waals surface area (Å²) in [6, 6.07) is 12.5. The third kappa shape index (κ3) is 5.88. The van der Waals surface area contributed by atoms with E-state index in [1.165, 1.54) is 10.9 Å². The second kappa shape index (κ2) is 10.4. The van der Waals surface area contributed by atoms with Crippen LogP contribution in [0.25, 0.3) is 0 Å². The molecule has 2 amide bonds. The van der Waals surface area contributed by atoms with Gasteiger partial charge in [0, 0.05) is 43.0 Å². The molecule has 9 nitrogen and oxygen atoms in total. The number of anilines is 1. The molecule has 0 unspecified atom stereocenters. The van der Waals surface area contributed by atoms with Crippen LogP contribution in [-0.4, -0.2) is 31.4 Å². The van der Waals surface area contributed by atoms with Gasteiger partial charge in [-0.05, 0) is 48.4 Å². The number of aromatic nitrogens is 4. The number of nitrogens with zero attached hydrogens (tertiary/aromatic N) is 4. The average Bonchev–Trinajstić information content (AvgIpc) is 3.43. The van der Waals surface area contributed by atoms with E-state index in [4.69, 9.17) is 16.3 Å². The summed E-state index contributed by atoms with van der Waals surface area (Å²) in [5, 5.41) is 14.5. The fourth-order valence-corrected chi connectivity index (χ4v) is 3.57. The van der Waals surface area contributed by atoms with E-state index >= 15 is 0 Å². The minimum Gasteiger partial charge on any atom is -0.489 e. The van der Waals surface area contributed by atoms with Crippen LogP contribution in [0.3, 0.4) is 0 Å². The summed E-state index contributed by atoms with van der Waals surface area (Å²) in [6.45, 7) is 2.58. The van der Waals surface area contributed by atoms with Crippen molar-refractivity contribution in [3.63, 3.8) is 0 Å². The minimum atomic E-state index is -0.353. The quantitative estimate of drug-likeness (QED) is 0.388. The van der Waals surface area contributed by atoms with E-state index in [1.807, 2.05) is 37.4 Å². The second-order valence-corrected chi connectivity index (χ2v) is 8.49. The smallest absolute Gasteiger partial charge is 0.271 e. The number of hydrogen-bond acceptors (Lipinski definition) is 5. The van der Waals surface area contributed by atoms with Gasteiger partial charge in [-0.2, -0.15) is 10.2 Å². The summed E-state index contributed by atoms with van der Waals surface area (Å²) in [6.07, 6.45) is 4.95. The summed E-state index contributed by atoms with van der Waals surface area (Å²) in [7, 11) is 3.45. The number of halogens is 1. The Morgan fingerprint density at radius 1 is 1.00 bits per heavy atom. The molecule has 0 saturated heterocycles. The highest BCUT2D eigenvalue weighted by Gasteiger charge is 2.19. The molecule has 0 radical (unpaired) electrons. The number of aryl methyl sites for hydroxylation is 3. The van der Waals surface area contributed by atoms with Crippen molar-refractivity contribution in [2.24, 2.45) is 14.1 Å². The third-order valence-corrected chi connectivity index (χ3v) is 5.79. The van der Waals surface area contributed by atoms with E-state index in [0.717, 1.165) is 22.4 Å². The lowest BCUT2D eigenvalue weighted by atomic mass is 10.1. The number of ether oxygens (including phenoxy) is 1.